The van der Waals surface area contributed by atoms with Crippen LogP contribution in [0, 0.1) is 12.3 Å². The Morgan fingerprint density at radius 1 is 1.78 bits per heavy atom. The van der Waals surface area contributed by atoms with Gasteiger partial charge in [0.05, 0.1) is 0 Å². The Bertz CT molecular complexity index is 148. The number of rotatable bonds is 3. The van der Waals surface area contributed by atoms with Gasteiger partial charge in [-0.15, -0.1) is 12.3 Å². The third kappa shape index (κ3) is 4.83. The molecule has 0 aliphatic rings. The van der Waals surface area contributed by atoms with E-state index in [-0.39, 0.29) is 0 Å². The van der Waals surface area contributed by atoms with Crippen molar-refractivity contribution in [2.75, 3.05) is 0 Å². The summed E-state index contributed by atoms with van der Waals surface area (Å²) in [4.78, 5) is 9.98. The van der Waals surface area contributed by atoms with E-state index in [1.807, 2.05) is 6.08 Å². The molecule has 0 radical (unpaired) electrons. The molecular weight excluding hydrogens is 112 g/mol. The van der Waals surface area contributed by atoms with Gasteiger partial charge in [0.25, 0.3) is 0 Å². The molecule has 0 aliphatic heterocycles. The lowest BCUT2D eigenvalue weighted by molar-refractivity contribution is -0.104. The highest BCUT2D eigenvalue weighted by Crippen LogP contribution is 1.93. The first kappa shape index (κ1) is 7.97. The fourth-order valence-electron chi connectivity index (χ4n) is 0.431. The van der Waals surface area contributed by atoms with Crippen molar-refractivity contribution in [3.05, 3.63) is 11.6 Å². The number of allylic oxidation sites excluding steroid dienone is 2. The van der Waals surface area contributed by atoms with Gasteiger partial charge in [0.1, 0.15) is 6.29 Å². The average Bonchev–Trinajstić information content (AvgIpc) is 1.89. The molecule has 0 amide bonds. The maximum atomic E-state index is 9.98. The summed E-state index contributed by atoms with van der Waals surface area (Å²) in [7, 11) is 0. The predicted molar refractivity (Wildman–Crippen MR) is 37.9 cm³/mol. The summed E-state index contributed by atoms with van der Waals surface area (Å²) in [6.45, 7) is 1.77. The standard InChI is InChI=1S/C8H10O/c1-3-4-5-6-8(2)7-9/h1,6-7H,4-5H2,2H3/b8-6-. The number of carbonyl (C=O) groups excluding carboxylic acids is 1. The molecule has 0 aromatic rings. The number of aldehydes is 1. The lowest BCUT2D eigenvalue weighted by atomic mass is 10.2. The molecule has 0 bridgehead atoms. The first-order valence-corrected chi connectivity index (χ1v) is 2.86. The Morgan fingerprint density at radius 2 is 2.44 bits per heavy atom. The topological polar surface area (TPSA) is 17.1 Å². The van der Waals surface area contributed by atoms with Crippen molar-refractivity contribution in [1.82, 2.24) is 0 Å². The summed E-state index contributed by atoms with van der Waals surface area (Å²) in [6.07, 6.45) is 9.18. The molecule has 48 valence electrons. The highest BCUT2D eigenvalue weighted by atomic mass is 16.1. The third-order valence-electron chi connectivity index (χ3n) is 0.941. The van der Waals surface area contributed by atoms with Gasteiger partial charge < -0.3 is 0 Å². The lowest BCUT2D eigenvalue weighted by Crippen LogP contribution is -1.75. The van der Waals surface area contributed by atoms with Crippen LogP contribution in [-0.2, 0) is 4.79 Å². The summed E-state index contributed by atoms with van der Waals surface area (Å²) in [6, 6.07) is 0. The zero-order valence-electron chi connectivity index (χ0n) is 5.55. The van der Waals surface area contributed by atoms with Crippen LogP contribution in [0.15, 0.2) is 11.6 Å². The molecule has 0 spiro atoms. The third-order valence-corrected chi connectivity index (χ3v) is 0.941. The Morgan fingerprint density at radius 3 is 2.89 bits per heavy atom. The second-order valence-electron chi connectivity index (χ2n) is 1.81. The number of terminal acetylenes is 1. The molecule has 0 saturated carbocycles. The summed E-state index contributed by atoms with van der Waals surface area (Å²) < 4.78 is 0. The van der Waals surface area contributed by atoms with E-state index in [4.69, 9.17) is 6.42 Å². The SMILES string of the molecule is C#CCC/C=C(/C)C=O. The first-order chi connectivity index (χ1) is 4.31. The maximum Gasteiger partial charge on any atom is 0.145 e. The van der Waals surface area contributed by atoms with Crippen LogP contribution in [0.2, 0.25) is 0 Å². The molecule has 0 saturated heterocycles. The van der Waals surface area contributed by atoms with Crippen LogP contribution in [-0.4, -0.2) is 6.29 Å². The molecule has 0 aromatic heterocycles. The maximum absolute atomic E-state index is 9.98. The molecule has 9 heavy (non-hydrogen) atoms. The van der Waals surface area contributed by atoms with E-state index in [1.54, 1.807) is 6.92 Å². The lowest BCUT2D eigenvalue weighted by Gasteiger charge is -1.84. The van der Waals surface area contributed by atoms with Crippen LogP contribution in [0.3, 0.4) is 0 Å². The van der Waals surface area contributed by atoms with Crippen LogP contribution in [0.1, 0.15) is 19.8 Å². The quantitative estimate of drug-likeness (QED) is 0.240. The molecular formula is C8H10O. The van der Waals surface area contributed by atoms with Gasteiger partial charge in [-0.2, -0.15) is 0 Å². The molecule has 0 N–H and O–H groups in total. The van der Waals surface area contributed by atoms with Crippen LogP contribution in [0.25, 0.3) is 0 Å². The van der Waals surface area contributed by atoms with Crippen molar-refractivity contribution < 1.29 is 4.79 Å². The smallest absolute Gasteiger partial charge is 0.145 e. The van der Waals surface area contributed by atoms with Gasteiger partial charge in [0.2, 0.25) is 0 Å². The van der Waals surface area contributed by atoms with Gasteiger partial charge in [-0.25, -0.2) is 0 Å². The van der Waals surface area contributed by atoms with E-state index >= 15 is 0 Å². The Hall–Kier alpha value is -1.03. The summed E-state index contributed by atoms with van der Waals surface area (Å²) in [5.41, 5.74) is 0.755. The normalized spacial score (nSPS) is 10.4. The second-order valence-corrected chi connectivity index (χ2v) is 1.81. The van der Waals surface area contributed by atoms with Crippen LogP contribution < -0.4 is 0 Å². The zero-order valence-corrected chi connectivity index (χ0v) is 5.55. The first-order valence-electron chi connectivity index (χ1n) is 2.86. The van der Waals surface area contributed by atoms with Gasteiger partial charge >= 0.3 is 0 Å². The number of hydrogen-bond acceptors (Lipinski definition) is 1. The number of unbranched alkanes of at least 4 members (excludes halogenated alkanes) is 1. The highest BCUT2D eigenvalue weighted by molar-refractivity contribution is 5.71. The van der Waals surface area contributed by atoms with Crippen LogP contribution in [0.4, 0.5) is 0 Å². The van der Waals surface area contributed by atoms with Crippen LogP contribution in [0.5, 0.6) is 0 Å². The summed E-state index contributed by atoms with van der Waals surface area (Å²) in [5, 5.41) is 0. The van der Waals surface area contributed by atoms with Gasteiger partial charge in [-0.1, -0.05) is 6.08 Å². The van der Waals surface area contributed by atoms with E-state index in [2.05, 4.69) is 5.92 Å². The fraction of sp³-hybridized carbons (Fsp3) is 0.375. The van der Waals surface area contributed by atoms with E-state index < -0.39 is 0 Å². The van der Waals surface area contributed by atoms with E-state index in [1.165, 1.54) is 0 Å². The summed E-state index contributed by atoms with van der Waals surface area (Å²) in [5.74, 6) is 2.49. The Labute approximate surface area is 55.8 Å². The van der Waals surface area contributed by atoms with Gasteiger partial charge in [-0.3, -0.25) is 4.79 Å². The minimum Gasteiger partial charge on any atom is -0.298 e. The fourth-order valence-corrected chi connectivity index (χ4v) is 0.431. The van der Waals surface area contributed by atoms with Crippen molar-refractivity contribution in [3.63, 3.8) is 0 Å². The molecule has 0 rings (SSSR count). The zero-order chi connectivity index (χ0) is 7.11. The molecule has 1 nitrogen and oxygen atoms in total. The van der Waals surface area contributed by atoms with Crippen LogP contribution >= 0.6 is 0 Å². The summed E-state index contributed by atoms with van der Waals surface area (Å²) >= 11 is 0. The average molecular weight is 122 g/mol. The molecule has 0 unspecified atom stereocenters. The molecule has 0 fully saturated rings. The largest absolute Gasteiger partial charge is 0.298 e. The molecule has 0 heterocycles. The van der Waals surface area contributed by atoms with Crippen molar-refractivity contribution in [3.8, 4) is 12.3 Å². The van der Waals surface area contributed by atoms with E-state index in [9.17, 15) is 4.79 Å². The predicted octanol–water partition coefficient (Wildman–Crippen LogP) is 1.54. The number of carbonyl (C=O) groups is 1. The van der Waals surface area contributed by atoms with Crippen molar-refractivity contribution in [2.24, 2.45) is 0 Å². The van der Waals surface area contributed by atoms with Gasteiger partial charge in [0, 0.05) is 6.42 Å². The van der Waals surface area contributed by atoms with E-state index in [0.717, 1.165) is 18.3 Å². The Balaban J connectivity index is 3.46. The molecule has 1 heteroatoms. The Kier molecular flexibility index (Phi) is 4.53. The minimum atomic E-state index is 0.713. The van der Waals surface area contributed by atoms with Gasteiger partial charge in [0.15, 0.2) is 0 Å². The van der Waals surface area contributed by atoms with Crippen molar-refractivity contribution >= 4 is 6.29 Å². The van der Waals surface area contributed by atoms with Crippen molar-refractivity contribution in [1.29, 1.82) is 0 Å². The van der Waals surface area contributed by atoms with E-state index in [0.29, 0.717) is 6.42 Å². The number of hydrogen-bond donors (Lipinski definition) is 0. The monoisotopic (exact) mass is 122 g/mol. The second kappa shape index (κ2) is 5.11. The molecule has 0 aliphatic carbocycles. The highest BCUT2D eigenvalue weighted by Gasteiger charge is 1.81. The minimum absolute atomic E-state index is 0.713. The van der Waals surface area contributed by atoms with Gasteiger partial charge in [-0.05, 0) is 18.9 Å². The molecule has 0 aromatic carbocycles. The van der Waals surface area contributed by atoms with Crippen molar-refractivity contribution in [2.45, 2.75) is 19.8 Å². The molecule has 0 atom stereocenters.